The minimum atomic E-state index is 0.806. The van der Waals surface area contributed by atoms with Gasteiger partial charge in [0.15, 0.2) is 0 Å². The van der Waals surface area contributed by atoms with E-state index in [1.54, 1.807) is 0 Å². The molecule has 0 aliphatic heterocycles. The van der Waals surface area contributed by atoms with Crippen molar-refractivity contribution in [1.82, 2.24) is 0 Å². The van der Waals surface area contributed by atoms with E-state index in [4.69, 9.17) is 0 Å². The first-order chi connectivity index (χ1) is 3.43. The molecule has 0 aromatic heterocycles. The van der Waals surface area contributed by atoms with Gasteiger partial charge in [0.25, 0.3) is 0 Å². The highest BCUT2D eigenvalue weighted by Crippen LogP contribution is 2.11. The van der Waals surface area contributed by atoms with E-state index >= 15 is 0 Å². The minimum Gasteiger partial charge on any atom is -0.233 e. The summed E-state index contributed by atoms with van der Waals surface area (Å²) in [6, 6.07) is 0. The van der Waals surface area contributed by atoms with Crippen LogP contribution in [0.2, 0.25) is 0 Å². The second-order valence-corrected chi connectivity index (χ2v) is 1.57. The lowest BCUT2D eigenvalue weighted by Gasteiger charge is -1.75. The zero-order chi connectivity index (χ0) is 5.11. The SMILES string of the molecule is O=C=C1C=CCC1. The van der Waals surface area contributed by atoms with Crippen LogP contribution in [0.25, 0.3) is 0 Å². The summed E-state index contributed by atoms with van der Waals surface area (Å²) in [6.07, 6.45) is 5.72. The summed E-state index contributed by atoms with van der Waals surface area (Å²) in [5, 5.41) is 0. The van der Waals surface area contributed by atoms with E-state index in [0.717, 1.165) is 18.4 Å². The first-order valence-electron chi connectivity index (χ1n) is 2.34. The van der Waals surface area contributed by atoms with Crippen molar-refractivity contribution in [1.29, 1.82) is 0 Å². The third kappa shape index (κ3) is 0.787. The molecule has 7 heavy (non-hydrogen) atoms. The average molecular weight is 94.1 g/mol. The van der Waals surface area contributed by atoms with E-state index in [-0.39, 0.29) is 0 Å². The Balaban J connectivity index is 2.77. The molecule has 0 aromatic carbocycles. The summed E-state index contributed by atoms with van der Waals surface area (Å²) in [5.41, 5.74) is 0.806. The number of hydrogen-bond acceptors (Lipinski definition) is 1. The maximum Gasteiger partial charge on any atom is 0.127 e. The van der Waals surface area contributed by atoms with Crippen molar-refractivity contribution in [3.63, 3.8) is 0 Å². The highest BCUT2D eigenvalue weighted by Gasteiger charge is 1.96. The van der Waals surface area contributed by atoms with Crippen LogP contribution < -0.4 is 0 Å². The molecule has 0 spiro atoms. The molecule has 1 nitrogen and oxygen atoms in total. The largest absolute Gasteiger partial charge is 0.233 e. The number of carbonyl (C=O) groups excluding carboxylic acids is 1. The smallest absolute Gasteiger partial charge is 0.127 e. The van der Waals surface area contributed by atoms with Crippen LogP contribution in [0.1, 0.15) is 12.8 Å². The number of allylic oxidation sites excluding steroid dienone is 3. The average Bonchev–Trinajstić information content (AvgIpc) is 2.14. The van der Waals surface area contributed by atoms with Crippen LogP contribution in [0.3, 0.4) is 0 Å². The second kappa shape index (κ2) is 1.76. The van der Waals surface area contributed by atoms with E-state index in [1.807, 2.05) is 18.1 Å². The van der Waals surface area contributed by atoms with Gasteiger partial charge in [-0.25, -0.2) is 4.79 Å². The van der Waals surface area contributed by atoms with Gasteiger partial charge in [0.1, 0.15) is 5.94 Å². The van der Waals surface area contributed by atoms with Crippen LogP contribution in [0.4, 0.5) is 0 Å². The molecule has 0 bridgehead atoms. The summed E-state index contributed by atoms with van der Waals surface area (Å²) >= 11 is 0. The fourth-order valence-electron chi connectivity index (χ4n) is 0.633. The monoisotopic (exact) mass is 94.0 g/mol. The van der Waals surface area contributed by atoms with E-state index in [0.29, 0.717) is 0 Å². The van der Waals surface area contributed by atoms with Crippen molar-refractivity contribution in [2.45, 2.75) is 12.8 Å². The molecule has 0 fully saturated rings. The Bertz CT molecular complexity index is 138. The first-order valence-corrected chi connectivity index (χ1v) is 2.34. The van der Waals surface area contributed by atoms with Crippen molar-refractivity contribution >= 4 is 5.94 Å². The molecule has 0 amide bonds. The predicted molar refractivity (Wildman–Crippen MR) is 27.6 cm³/mol. The Morgan fingerprint density at radius 2 is 2.57 bits per heavy atom. The van der Waals surface area contributed by atoms with Gasteiger partial charge in [0.05, 0.1) is 0 Å². The van der Waals surface area contributed by atoms with Crippen LogP contribution in [0.5, 0.6) is 0 Å². The van der Waals surface area contributed by atoms with Crippen LogP contribution in [-0.2, 0) is 4.79 Å². The predicted octanol–water partition coefficient (Wildman–Crippen LogP) is 1.09. The molecule has 0 saturated heterocycles. The third-order valence-corrected chi connectivity index (χ3v) is 1.03. The second-order valence-electron chi connectivity index (χ2n) is 1.57. The zero-order valence-corrected chi connectivity index (χ0v) is 3.98. The summed E-state index contributed by atoms with van der Waals surface area (Å²) in [5.74, 6) is 1.84. The zero-order valence-electron chi connectivity index (χ0n) is 3.98. The Morgan fingerprint density at radius 3 is 2.86 bits per heavy atom. The standard InChI is InChI=1S/C6H6O/c7-5-6-3-1-2-4-6/h1,3H,2,4H2. The van der Waals surface area contributed by atoms with Crippen molar-refractivity contribution in [2.24, 2.45) is 0 Å². The van der Waals surface area contributed by atoms with Crippen molar-refractivity contribution < 1.29 is 4.79 Å². The normalized spacial score (nSPS) is 17.4. The molecule has 0 unspecified atom stereocenters. The Morgan fingerprint density at radius 1 is 1.71 bits per heavy atom. The fraction of sp³-hybridized carbons (Fsp3) is 0.333. The summed E-state index contributed by atoms with van der Waals surface area (Å²) in [7, 11) is 0. The van der Waals surface area contributed by atoms with Crippen molar-refractivity contribution in [2.75, 3.05) is 0 Å². The van der Waals surface area contributed by atoms with Gasteiger partial charge >= 0.3 is 0 Å². The van der Waals surface area contributed by atoms with Gasteiger partial charge < -0.3 is 0 Å². The molecule has 1 aliphatic carbocycles. The van der Waals surface area contributed by atoms with Gasteiger partial charge in [-0.05, 0) is 12.8 Å². The van der Waals surface area contributed by atoms with Crippen LogP contribution in [0, 0.1) is 0 Å². The van der Waals surface area contributed by atoms with Gasteiger partial charge in [-0.3, -0.25) is 0 Å². The summed E-state index contributed by atoms with van der Waals surface area (Å²) in [6.45, 7) is 0. The number of hydrogen-bond donors (Lipinski definition) is 0. The quantitative estimate of drug-likeness (QED) is 0.411. The van der Waals surface area contributed by atoms with Crippen LogP contribution in [0.15, 0.2) is 17.7 Å². The van der Waals surface area contributed by atoms with Crippen molar-refractivity contribution in [3.8, 4) is 0 Å². The first kappa shape index (κ1) is 4.35. The maximum atomic E-state index is 9.79. The highest BCUT2D eigenvalue weighted by atomic mass is 16.1. The van der Waals surface area contributed by atoms with E-state index in [9.17, 15) is 4.79 Å². The lowest BCUT2D eigenvalue weighted by molar-refractivity contribution is 0.567. The van der Waals surface area contributed by atoms with Gasteiger partial charge in [-0.2, -0.15) is 0 Å². The Kier molecular flexibility index (Phi) is 1.10. The lowest BCUT2D eigenvalue weighted by atomic mass is 10.3. The molecule has 0 saturated carbocycles. The van der Waals surface area contributed by atoms with E-state index in [1.165, 1.54) is 0 Å². The molecule has 0 heterocycles. The van der Waals surface area contributed by atoms with Gasteiger partial charge in [-0.15, -0.1) is 0 Å². The van der Waals surface area contributed by atoms with Gasteiger partial charge in [0.2, 0.25) is 0 Å². The van der Waals surface area contributed by atoms with Gasteiger partial charge in [-0.1, -0.05) is 12.2 Å². The van der Waals surface area contributed by atoms with Crippen LogP contribution >= 0.6 is 0 Å². The molecule has 1 heteroatoms. The number of rotatable bonds is 0. The van der Waals surface area contributed by atoms with E-state index < -0.39 is 0 Å². The minimum absolute atomic E-state index is 0.806. The summed E-state index contributed by atoms with van der Waals surface area (Å²) < 4.78 is 0. The molecule has 0 radical (unpaired) electrons. The lowest BCUT2D eigenvalue weighted by Crippen LogP contribution is -1.66. The molecule has 1 rings (SSSR count). The van der Waals surface area contributed by atoms with Crippen molar-refractivity contribution in [3.05, 3.63) is 17.7 Å². The van der Waals surface area contributed by atoms with E-state index in [2.05, 4.69) is 0 Å². The molecular weight excluding hydrogens is 88.1 g/mol. The highest BCUT2D eigenvalue weighted by molar-refractivity contribution is 5.58. The maximum absolute atomic E-state index is 9.79. The Hall–Kier alpha value is -0.810. The molecule has 0 aromatic rings. The molecule has 1 aliphatic rings. The topological polar surface area (TPSA) is 17.1 Å². The molecular formula is C6H6O. The third-order valence-electron chi connectivity index (χ3n) is 1.03. The fourth-order valence-corrected chi connectivity index (χ4v) is 0.633. The molecule has 36 valence electrons. The Labute approximate surface area is 42.3 Å². The molecule has 0 atom stereocenters. The van der Waals surface area contributed by atoms with Gasteiger partial charge in [0, 0.05) is 5.57 Å². The molecule has 0 N–H and O–H groups in total. The summed E-state index contributed by atoms with van der Waals surface area (Å²) in [4.78, 5) is 9.79. The van der Waals surface area contributed by atoms with Crippen LogP contribution in [-0.4, -0.2) is 5.94 Å².